The second-order valence-electron chi connectivity index (χ2n) is 3.05. The molecule has 0 bridgehead atoms. The Hall–Kier alpha value is -1.97. The number of hydrogen-bond acceptors (Lipinski definition) is 4. The number of amides is 1. The largest absolute Gasteiger partial charge is 0.433 e. The minimum absolute atomic E-state index is 0.206. The molecule has 0 saturated heterocycles. The molecule has 0 aliphatic rings. The summed E-state index contributed by atoms with van der Waals surface area (Å²) in [5, 5.41) is 2.34. The number of aromatic amines is 1. The molecule has 0 aliphatic heterocycles. The van der Waals surface area contributed by atoms with Gasteiger partial charge in [0.15, 0.2) is 5.69 Å². The molecule has 0 aliphatic carbocycles. The van der Waals surface area contributed by atoms with Crippen LogP contribution in [-0.2, 0) is 6.18 Å². The van der Waals surface area contributed by atoms with Gasteiger partial charge >= 0.3 is 6.18 Å². The maximum absolute atomic E-state index is 12.4. The van der Waals surface area contributed by atoms with E-state index in [0.29, 0.717) is 6.07 Å². The molecule has 0 saturated carbocycles. The van der Waals surface area contributed by atoms with Gasteiger partial charge in [0.25, 0.3) is 11.7 Å². The van der Waals surface area contributed by atoms with Crippen molar-refractivity contribution in [3.05, 3.63) is 22.2 Å². The maximum Gasteiger partial charge on any atom is 0.433 e. The molecule has 2 aromatic rings. The number of halogens is 3. The zero-order chi connectivity index (χ0) is 12.8. The van der Waals surface area contributed by atoms with E-state index >= 15 is 0 Å². The van der Waals surface area contributed by atoms with E-state index in [1.165, 1.54) is 0 Å². The first-order valence-electron chi connectivity index (χ1n) is 4.16. The van der Waals surface area contributed by atoms with Crippen molar-refractivity contribution in [1.29, 1.82) is 0 Å². The number of carbonyl (C=O) groups excluding carboxylic acids is 1. The highest BCUT2D eigenvalue weighted by atomic mass is 32.1. The minimum atomic E-state index is -4.63. The summed E-state index contributed by atoms with van der Waals surface area (Å²) in [5.41, 5.74) is 3.75. The van der Waals surface area contributed by atoms with Crippen LogP contribution in [0.15, 0.2) is 6.07 Å². The number of nitrogens with one attached hydrogen (secondary N) is 1. The molecule has 2 aromatic heterocycles. The van der Waals surface area contributed by atoms with Crippen molar-refractivity contribution in [2.24, 2.45) is 5.73 Å². The van der Waals surface area contributed by atoms with Gasteiger partial charge in [-0.1, -0.05) is 12.2 Å². The number of aromatic nitrogens is 4. The summed E-state index contributed by atoms with van der Waals surface area (Å²) < 4.78 is 38.0. The fourth-order valence-electron chi connectivity index (χ4n) is 1.14. The molecule has 90 valence electrons. The van der Waals surface area contributed by atoms with Gasteiger partial charge in [-0.05, 0) is 0 Å². The summed E-state index contributed by atoms with van der Waals surface area (Å²) in [4.78, 5) is 17.5. The number of fused-ring (bicyclic) bond motifs is 1. The Balaban J connectivity index is 2.74. The Kier molecular flexibility index (Phi) is 2.38. The molecule has 0 atom stereocenters. The van der Waals surface area contributed by atoms with Gasteiger partial charge in [0.1, 0.15) is 4.64 Å². The van der Waals surface area contributed by atoms with E-state index in [1.54, 1.807) is 0 Å². The molecular formula is C7H4F3N5OS. The van der Waals surface area contributed by atoms with Crippen LogP contribution in [0.3, 0.4) is 0 Å². The number of nitrogens with zero attached hydrogens (tertiary/aromatic N) is 3. The van der Waals surface area contributed by atoms with Crippen LogP contribution in [0.25, 0.3) is 5.78 Å². The lowest BCUT2D eigenvalue weighted by molar-refractivity contribution is -0.141. The fraction of sp³-hybridized carbons (Fsp3) is 0.143. The van der Waals surface area contributed by atoms with Gasteiger partial charge in [-0.3, -0.25) is 9.89 Å². The van der Waals surface area contributed by atoms with Gasteiger partial charge in [0.05, 0.1) is 0 Å². The van der Waals surface area contributed by atoms with Gasteiger partial charge in [-0.25, -0.2) is 9.50 Å². The predicted molar refractivity (Wildman–Crippen MR) is 51.7 cm³/mol. The van der Waals surface area contributed by atoms with Gasteiger partial charge < -0.3 is 5.73 Å². The van der Waals surface area contributed by atoms with Crippen LogP contribution in [-0.4, -0.2) is 25.5 Å². The number of carbonyl (C=O) groups is 1. The second kappa shape index (κ2) is 3.52. The van der Waals surface area contributed by atoms with E-state index in [4.69, 9.17) is 18.0 Å². The summed E-state index contributed by atoms with van der Waals surface area (Å²) in [5.74, 6) is -1.60. The average Bonchev–Trinajstić information content (AvgIpc) is 2.60. The van der Waals surface area contributed by atoms with Crippen molar-refractivity contribution < 1.29 is 18.0 Å². The monoisotopic (exact) mass is 263 g/mol. The average molecular weight is 263 g/mol. The van der Waals surface area contributed by atoms with Crippen LogP contribution in [0.1, 0.15) is 16.3 Å². The van der Waals surface area contributed by atoms with Crippen molar-refractivity contribution in [3.63, 3.8) is 0 Å². The van der Waals surface area contributed by atoms with E-state index in [1.807, 2.05) is 0 Å². The highest BCUT2D eigenvalue weighted by Crippen LogP contribution is 2.27. The van der Waals surface area contributed by atoms with Crippen LogP contribution in [0, 0.1) is 4.64 Å². The highest BCUT2D eigenvalue weighted by Gasteiger charge is 2.33. The molecule has 2 rings (SSSR count). The molecular weight excluding hydrogens is 259 g/mol. The zero-order valence-electron chi connectivity index (χ0n) is 7.95. The summed E-state index contributed by atoms with van der Waals surface area (Å²) in [6.07, 6.45) is -4.63. The third-order valence-electron chi connectivity index (χ3n) is 1.85. The molecule has 3 N–H and O–H groups in total. The number of primary amides is 1. The number of hydrogen-bond donors (Lipinski definition) is 2. The first-order chi connectivity index (χ1) is 7.79. The molecule has 0 spiro atoms. The Bertz CT molecular complexity index is 658. The highest BCUT2D eigenvalue weighted by molar-refractivity contribution is 7.71. The minimum Gasteiger partial charge on any atom is -0.363 e. The third-order valence-corrected chi connectivity index (χ3v) is 2.15. The Morgan fingerprint density at radius 3 is 2.65 bits per heavy atom. The van der Waals surface area contributed by atoms with E-state index < -0.39 is 17.8 Å². The SMILES string of the molecule is NC(=O)c1nc2nc(C(F)(F)F)cc(=S)n2[nH]1. The standard InChI is InChI=1S/C7H4F3N5OS/c8-7(9,10)2-1-3(17)15-6(12-2)13-5(14-15)4(11)16/h1H,(H2,11,16)(H,12,13,14). The second-order valence-corrected chi connectivity index (χ2v) is 3.47. The first kappa shape index (κ1) is 11.5. The van der Waals surface area contributed by atoms with Gasteiger partial charge in [-0.15, -0.1) is 0 Å². The lowest BCUT2D eigenvalue weighted by atomic mass is 10.4. The summed E-state index contributed by atoms with van der Waals surface area (Å²) in [6.45, 7) is 0. The molecule has 0 unspecified atom stereocenters. The Morgan fingerprint density at radius 2 is 2.12 bits per heavy atom. The molecule has 10 heteroatoms. The Morgan fingerprint density at radius 1 is 1.47 bits per heavy atom. The Labute approximate surface area is 96.3 Å². The van der Waals surface area contributed by atoms with Crippen molar-refractivity contribution >= 4 is 23.9 Å². The number of rotatable bonds is 1. The molecule has 0 aromatic carbocycles. The van der Waals surface area contributed by atoms with Crippen LogP contribution < -0.4 is 5.73 Å². The predicted octanol–water partition coefficient (Wildman–Crippen LogP) is 0.905. The fourth-order valence-corrected chi connectivity index (χ4v) is 1.38. The molecule has 0 radical (unpaired) electrons. The topological polar surface area (TPSA) is 89.1 Å². The van der Waals surface area contributed by atoms with E-state index in [2.05, 4.69) is 15.1 Å². The van der Waals surface area contributed by atoms with Gasteiger partial charge in [0.2, 0.25) is 5.82 Å². The van der Waals surface area contributed by atoms with E-state index in [9.17, 15) is 18.0 Å². The molecule has 6 nitrogen and oxygen atoms in total. The van der Waals surface area contributed by atoms with E-state index in [0.717, 1.165) is 4.52 Å². The molecule has 17 heavy (non-hydrogen) atoms. The molecule has 2 heterocycles. The van der Waals surface area contributed by atoms with Gasteiger partial charge in [-0.2, -0.15) is 18.2 Å². The van der Waals surface area contributed by atoms with Crippen LogP contribution >= 0.6 is 12.2 Å². The third kappa shape index (κ3) is 1.98. The number of alkyl halides is 3. The first-order valence-corrected chi connectivity index (χ1v) is 4.56. The van der Waals surface area contributed by atoms with Crippen molar-refractivity contribution in [2.75, 3.05) is 0 Å². The molecule has 1 amide bonds. The smallest absolute Gasteiger partial charge is 0.363 e. The maximum atomic E-state index is 12.4. The lowest BCUT2D eigenvalue weighted by Gasteiger charge is -2.04. The summed E-state index contributed by atoms with van der Waals surface area (Å²) >= 11 is 4.71. The zero-order valence-corrected chi connectivity index (χ0v) is 8.76. The van der Waals surface area contributed by atoms with E-state index in [-0.39, 0.29) is 16.2 Å². The number of H-pyrrole nitrogens is 1. The van der Waals surface area contributed by atoms with Crippen molar-refractivity contribution in [1.82, 2.24) is 19.6 Å². The van der Waals surface area contributed by atoms with Crippen LogP contribution in [0.4, 0.5) is 13.2 Å². The van der Waals surface area contributed by atoms with Crippen LogP contribution in [0.5, 0.6) is 0 Å². The summed E-state index contributed by atoms with van der Waals surface area (Å²) in [7, 11) is 0. The van der Waals surface area contributed by atoms with Crippen molar-refractivity contribution in [2.45, 2.75) is 6.18 Å². The van der Waals surface area contributed by atoms with Crippen molar-refractivity contribution in [3.8, 4) is 0 Å². The number of nitrogens with two attached hydrogens (primary N) is 1. The van der Waals surface area contributed by atoms with Gasteiger partial charge in [0, 0.05) is 6.07 Å². The van der Waals surface area contributed by atoms with Crippen LogP contribution in [0.2, 0.25) is 0 Å². The normalized spacial score (nSPS) is 11.9. The molecule has 0 fully saturated rings. The summed E-state index contributed by atoms with van der Waals surface area (Å²) in [6, 6.07) is 0.658. The lowest BCUT2D eigenvalue weighted by Crippen LogP contribution is -2.13. The quantitative estimate of drug-likeness (QED) is 0.748.